The van der Waals surface area contributed by atoms with Crippen LogP contribution in [0.2, 0.25) is 0 Å². The molecule has 1 saturated heterocycles. The van der Waals surface area contributed by atoms with E-state index in [1.165, 1.54) is 12.1 Å². The van der Waals surface area contributed by atoms with Crippen LogP contribution in [0.5, 0.6) is 0 Å². The quantitative estimate of drug-likeness (QED) is 0.0294. The summed E-state index contributed by atoms with van der Waals surface area (Å²) in [5.41, 5.74) is 3.75. The summed E-state index contributed by atoms with van der Waals surface area (Å²) in [6, 6.07) is 9.41. The molecule has 0 saturated carbocycles. The second-order valence-electron chi connectivity index (χ2n) is 14.4. The fourth-order valence-corrected chi connectivity index (χ4v) is 11.0. The molecule has 2 aromatic rings. The van der Waals surface area contributed by atoms with Gasteiger partial charge in [0.15, 0.2) is 15.5 Å². The Balaban J connectivity index is 0.00000374. The first-order chi connectivity index (χ1) is 25.0. The van der Waals surface area contributed by atoms with Gasteiger partial charge in [-0.25, -0.2) is 21.3 Å². The summed E-state index contributed by atoms with van der Waals surface area (Å²) >= 11 is 7.41. The Morgan fingerprint density at radius 2 is 1.65 bits per heavy atom. The van der Waals surface area contributed by atoms with Gasteiger partial charge in [-0.3, -0.25) is 9.59 Å². The zero-order valence-electron chi connectivity index (χ0n) is 32.9. The van der Waals surface area contributed by atoms with Gasteiger partial charge in [-0.2, -0.15) is 12.8 Å². The average molecular weight is 960 g/mol. The predicted molar refractivity (Wildman–Crippen MR) is 202 cm³/mol. The summed E-state index contributed by atoms with van der Waals surface area (Å²) in [5, 5.41) is 12.9. The minimum absolute atomic E-state index is 0. The third-order valence-corrected chi connectivity index (χ3v) is 14.2. The number of fused-ring (bicyclic) bond motifs is 3. The summed E-state index contributed by atoms with van der Waals surface area (Å²) in [5.74, 6) is -0.357. The van der Waals surface area contributed by atoms with Crippen molar-refractivity contribution in [3.8, 4) is 0 Å². The third kappa shape index (κ3) is 12.5. The molecule has 0 bridgehead atoms. The number of quaternary nitrogens is 1. The number of allylic oxidation sites excluding steroid dienone is 10. The monoisotopic (exact) mass is 958 g/mol. The first-order valence-corrected chi connectivity index (χ1v) is 22.5. The molecule has 294 valence electrons. The van der Waals surface area contributed by atoms with E-state index < -0.39 is 51.5 Å². The van der Waals surface area contributed by atoms with Crippen LogP contribution in [0.15, 0.2) is 98.9 Å². The Kier molecular flexibility index (Phi) is 21.3. The van der Waals surface area contributed by atoms with Crippen LogP contribution < -0.4 is 164 Å². The third-order valence-electron chi connectivity index (χ3n) is 10.5. The van der Waals surface area contributed by atoms with Crippen molar-refractivity contribution in [2.24, 2.45) is 0 Å². The van der Waals surface area contributed by atoms with E-state index in [1.807, 2.05) is 32.1 Å². The van der Waals surface area contributed by atoms with Gasteiger partial charge in [0.25, 0.3) is 10.1 Å². The molecule has 1 aliphatic carbocycles. The Morgan fingerprint density at radius 3 is 2.26 bits per heavy atom. The second kappa shape index (κ2) is 22.0. The first-order valence-electron chi connectivity index (χ1n) is 16.9. The van der Waals surface area contributed by atoms with Gasteiger partial charge < -0.3 is 14.4 Å². The average Bonchev–Trinajstić information content (AvgIpc) is 3.66. The maximum atomic E-state index is 12.6. The molecule has 21 heteroatoms. The van der Waals surface area contributed by atoms with Crippen molar-refractivity contribution in [2.45, 2.75) is 85.8 Å². The number of rotatable bonds is 14. The van der Waals surface area contributed by atoms with Crippen molar-refractivity contribution in [1.82, 2.24) is 4.48 Å². The number of nitrogens with zero attached hydrogens (tertiary/aromatic N) is 1. The van der Waals surface area contributed by atoms with Crippen LogP contribution in [-0.4, -0.2) is 56.6 Å². The van der Waals surface area contributed by atoms with Gasteiger partial charge in [0.1, 0.15) is 21.5 Å². The molecule has 3 aliphatic rings. The van der Waals surface area contributed by atoms with Gasteiger partial charge in [-0.15, -0.1) is 0 Å². The largest absolute Gasteiger partial charge is 1.00 e. The molecular formula is C36H40ClK3NO12S4+. The summed E-state index contributed by atoms with van der Waals surface area (Å²) < 4.78 is 110. The Bertz CT molecular complexity index is 2330. The predicted octanol–water partition coefficient (Wildman–Crippen LogP) is -2.98. The van der Waals surface area contributed by atoms with E-state index in [-0.39, 0.29) is 184 Å². The molecule has 57 heavy (non-hydrogen) atoms. The van der Waals surface area contributed by atoms with Crippen molar-refractivity contribution >= 4 is 65.3 Å². The molecular weight excluding hydrogens is 919 g/mol. The maximum Gasteiger partial charge on any atom is 1.00 e. The Hall–Kier alpha value is 2.26. The number of unbranched alkanes of at least 4 members (excludes halogenated alkanes) is 1. The molecule has 2 unspecified atom stereocenters. The maximum absolute atomic E-state index is 12.6. The topological polar surface area (TPSA) is 210 Å². The minimum atomic E-state index is -4.81. The zero-order valence-corrected chi connectivity index (χ0v) is 46.2. The number of halogens is 1. The van der Waals surface area contributed by atoms with E-state index in [1.54, 1.807) is 50.3 Å². The van der Waals surface area contributed by atoms with Crippen LogP contribution in [0.25, 0.3) is 5.57 Å². The molecule has 0 aromatic heterocycles. The molecule has 13 nitrogen and oxygen atoms in total. The summed E-state index contributed by atoms with van der Waals surface area (Å²) in [4.78, 5) is 0.187. The minimum Gasteiger partial charge on any atom is -0.744 e. The number of hydrogen-bond donors (Lipinski definition) is 1. The van der Waals surface area contributed by atoms with Crippen LogP contribution >= 0.6 is 23.6 Å². The van der Waals surface area contributed by atoms with E-state index in [9.17, 15) is 44.2 Å². The van der Waals surface area contributed by atoms with Crippen LogP contribution in [-0.2, 0) is 50.6 Å². The zero-order chi connectivity index (χ0) is 39.9. The van der Waals surface area contributed by atoms with Gasteiger partial charge in [0.05, 0.1) is 34.7 Å². The molecule has 1 fully saturated rings. The van der Waals surface area contributed by atoms with Gasteiger partial charge in [-0.05, 0) is 97.9 Å². The van der Waals surface area contributed by atoms with Gasteiger partial charge in [-0.1, -0.05) is 49.7 Å². The summed E-state index contributed by atoms with van der Waals surface area (Å²) in [6.07, 6.45) is 12.0. The number of benzene rings is 2. The van der Waals surface area contributed by atoms with E-state index in [4.69, 9.17) is 11.6 Å². The molecule has 1 N–H and O–H groups in total. The first kappa shape index (κ1) is 55.4. The Labute approximate surface area is 472 Å². The molecule has 5 rings (SSSR count). The van der Waals surface area contributed by atoms with Crippen LogP contribution in [0.3, 0.4) is 0 Å². The normalized spacial score (nSPS) is 22.2. The Morgan fingerprint density at radius 1 is 0.965 bits per heavy atom. The summed E-state index contributed by atoms with van der Waals surface area (Å²) in [6.45, 7) is 7.90. The molecule has 2 atom stereocenters. The summed E-state index contributed by atoms with van der Waals surface area (Å²) in [7, 11) is -13.7. The van der Waals surface area contributed by atoms with Gasteiger partial charge in [0, 0.05) is 39.8 Å². The van der Waals surface area contributed by atoms with E-state index >= 15 is 0 Å². The van der Waals surface area contributed by atoms with Crippen LogP contribution in [0, 0.1) is 0 Å². The number of hydrogen-bond acceptors (Lipinski definition) is 12. The molecule has 2 aliphatic heterocycles. The van der Waals surface area contributed by atoms with E-state index in [2.05, 4.69) is 9.37 Å². The van der Waals surface area contributed by atoms with Crippen molar-refractivity contribution in [3.63, 3.8) is 0 Å². The van der Waals surface area contributed by atoms with E-state index in [0.717, 1.165) is 40.4 Å². The SMILES string of the molecule is CC1(C)C(C=CC=C(Cl)C=C/C=C2\C(C)(C)c3cc(S(=O)(=O)[O-])ccc3[N+]23CCCC3S(=O)(=O)[O-])=C(CCCCS(=O)(=O)O)c2ccc(SOO[O-])cc21.[K+].[K+].[K+]. The smallest absolute Gasteiger partial charge is 0.744 e. The van der Waals surface area contributed by atoms with Gasteiger partial charge >= 0.3 is 154 Å². The van der Waals surface area contributed by atoms with Crippen LogP contribution in [0.4, 0.5) is 5.69 Å². The standard InChI is InChI=1S/C36H42ClNO12S4.3K/c1-35(2)29(27(12-5-6-21-52(40,41)42)28-18-16-25(22-30(28)35)51-50-49-39)13-7-10-24(37)11-8-14-33-36(3,4)31-23-26(53(43,44)45)17-19-32(31)38(33)20-9-15-34(38)54(46,47)48;;;/h7-8,10-11,13-14,16-19,22-23,34H,5-6,9,12,15,20-21H2,1-4H3,(H3-,39,40,41,42,43,44,45,46,47,48);;;/q;3*+1/p-2/b11-8?,13-7?,24-10?,33-14+;;;. The van der Waals surface area contributed by atoms with Crippen LogP contribution in [0.1, 0.15) is 76.5 Å². The van der Waals surface area contributed by atoms with Gasteiger partial charge in [0.2, 0.25) is 0 Å². The molecule has 0 radical (unpaired) electrons. The second-order valence-corrected chi connectivity index (χ2v) is 20.1. The fourth-order valence-electron chi connectivity index (χ4n) is 8.19. The molecule has 2 aromatic carbocycles. The van der Waals surface area contributed by atoms with Crippen molar-refractivity contribution < 1.29 is 208 Å². The molecule has 2 heterocycles. The van der Waals surface area contributed by atoms with Crippen molar-refractivity contribution in [3.05, 3.63) is 106 Å². The van der Waals surface area contributed by atoms with E-state index in [0.29, 0.717) is 46.1 Å². The van der Waals surface area contributed by atoms with Crippen molar-refractivity contribution in [2.75, 3.05) is 12.3 Å². The molecule has 0 amide bonds. The fraction of sp³-hybridized carbons (Fsp3) is 0.389. The molecule has 1 spiro atoms. The van der Waals surface area contributed by atoms with Crippen molar-refractivity contribution in [1.29, 1.82) is 0 Å².